The lowest BCUT2D eigenvalue weighted by molar-refractivity contribution is -0.146. The molecule has 0 spiro atoms. The molecule has 0 bridgehead atoms. The molecule has 1 amide bonds. The van der Waals surface area contributed by atoms with Crippen molar-refractivity contribution in [2.75, 3.05) is 12.4 Å². The van der Waals surface area contributed by atoms with Crippen LogP contribution in [0.15, 0.2) is 47.4 Å². The van der Waals surface area contributed by atoms with Crippen LogP contribution in [0.1, 0.15) is 19.8 Å². The number of fused-ring (bicyclic) bond motifs is 1. The number of carbonyl (C=O) groups is 2. The summed E-state index contributed by atoms with van der Waals surface area (Å²) in [4.78, 5) is 24.5. The van der Waals surface area contributed by atoms with Crippen LogP contribution in [0.4, 0.5) is 0 Å². The molecular weight excluding hydrogens is 322 g/mol. The fraction of sp³-hybridized carbons (Fsp3) is 0.368. The van der Waals surface area contributed by atoms with Gasteiger partial charge in [0.05, 0.1) is 5.75 Å². The normalized spacial score (nSPS) is 15.0. The average Bonchev–Trinajstić information content (AvgIpc) is 3.43. The van der Waals surface area contributed by atoms with Gasteiger partial charge in [-0.1, -0.05) is 30.3 Å². The highest BCUT2D eigenvalue weighted by atomic mass is 32.2. The van der Waals surface area contributed by atoms with Crippen molar-refractivity contribution < 1.29 is 14.3 Å². The first kappa shape index (κ1) is 16.8. The summed E-state index contributed by atoms with van der Waals surface area (Å²) in [7, 11) is 0. The van der Waals surface area contributed by atoms with Gasteiger partial charge < -0.3 is 10.1 Å². The molecule has 1 fully saturated rings. The standard InChI is InChI=1S/C19H21NO3S/c1-13(14-6-7-14)20-18(21)11-23-19(22)12-24-17-9-8-15-4-2-3-5-16(15)10-17/h2-5,8-10,13-14H,6-7,11-12H2,1H3,(H,20,21)/t13-/m0/s1. The summed E-state index contributed by atoms with van der Waals surface area (Å²) in [5, 5.41) is 5.18. The molecule has 1 N–H and O–H groups in total. The largest absolute Gasteiger partial charge is 0.455 e. The average molecular weight is 343 g/mol. The van der Waals surface area contributed by atoms with Gasteiger partial charge in [-0.25, -0.2) is 0 Å². The second-order valence-electron chi connectivity index (χ2n) is 6.15. The first-order valence-electron chi connectivity index (χ1n) is 8.18. The summed E-state index contributed by atoms with van der Waals surface area (Å²) in [6, 6.07) is 14.3. The zero-order chi connectivity index (χ0) is 16.9. The van der Waals surface area contributed by atoms with Gasteiger partial charge in [0.15, 0.2) is 6.61 Å². The molecule has 1 aliphatic rings. The fourth-order valence-electron chi connectivity index (χ4n) is 2.60. The summed E-state index contributed by atoms with van der Waals surface area (Å²) in [5.74, 6) is 0.193. The van der Waals surface area contributed by atoms with Crippen molar-refractivity contribution in [3.63, 3.8) is 0 Å². The number of hydrogen-bond donors (Lipinski definition) is 1. The molecule has 2 aromatic carbocycles. The van der Waals surface area contributed by atoms with E-state index in [0.717, 1.165) is 10.3 Å². The van der Waals surface area contributed by atoms with Crippen molar-refractivity contribution >= 4 is 34.4 Å². The van der Waals surface area contributed by atoms with Crippen LogP contribution < -0.4 is 5.32 Å². The van der Waals surface area contributed by atoms with Crippen LogP contribution in [0.3, 0.4) is 0 Å². The van der Waals surface area contributed by atoms with E-state index in [9.17, 15) is 9.59 Å². The Morgan fingerprint density at radius 2 is 1.96 bits per heavy atom. The van der Waals surface area contributed by atoms with Gasteiger partial charge in [0, 0.05) is 10.9 Å². The van der Waals surface area contributed by atoms with Gasteiger partial charge in [-0.05, 0) is 48.6 Å². The predicted octanol–water partition coefficient (Wildman–Crippen LogP) is 3.39. The fourth-order valence-corrected chi connectivity index (χ4v) is 3.34. The molecule has 1 aliphatic carbocycles. The number of hydrogen-bond acceptors (Lipinski definition) is 4. The Balaban J connectivity index is 1.41. The Kier molecular flexibility index (Phi) is 5.41. The minimum Gasteiger partial charge on any atom is -0.455 e. The molecule has 0 aliphatic heterocycles. The number of benzene rings is 2. The third-order valence-corrected chi connectivity index (χ3v) is 5.13. The van der Waals surface area contributed by atoms with Crippen LogP contribution in [0.25, 0.3) is 10.8 Å². The lowest BCUT2D eigenvalue weighted by Crippen LogP contribution is -2.37. The first-order chi connectivity index (χ1) is 11.6. The zero-order valence-electron chi connectivity index (χ0n) is 13.7. The third-order valence-electron chi connectivity index (χ3n) is 4.16. The van der Waals surface area contributed by atoms with Crippen molar-refractivity contribution in [3.8, 4) is 0 Å². The van der Waals surface area contributed by atoms with Gasteiger partial charge in [0.25, 0.3) is 5.91 Å². The minimum atomic E-state index is -0.373. The molecular formula is C19H21NO3S. The molecule has 1 saturated carbocycles. The molecule has 0 aromatic heterocycles. The number of carbonyl (C=O) groups excluding carboxylic acids is 2. The van der Waals surface area contributed by atoms with Gasteiger partial charge in [-0.2, -0.15) is 0 Å². The van der Waals surface area contributed by atoms with Crippen LogP contribution in [0.2, 0.25) is 0 Å². The van der Waals surface area contributed by atoms with Crippen LogP contribution in [0.5, 0.6) is 0 Å². The number of nitrogens with one attached hydrogen (secondary N) is 1. The van der Waals surface area contributed by atoms with Crippen LogP contribution in [-0.2, 0) is 14.3 Å². The smallest absolute Gasteiger partial charge is 0.316 e. The Bertz CT molecular complexity index is 742. The highest BCUT2D eigenvalue weighted by Crippen LogP contribution is 2.32. The minimum absolute atomic E-state index is 0.170. The van der Waals surface area contributed by atoms with E-state index in [0.29, 0.717) is 5.92 Å². The summed E-state index contributed by atoms with van der Waals surface area (Å²) < 4.78 is 5.04. The van der Waals surface area contributed by atoms with Crippen molar-refractivity contribution in [3.05, 3.63) is 42.5 Å². The lowest BCUT2D eigenvalue weighted by atomic mass is 10.1. The molecule has 4 nitrogen and oxygen atoms in total. The second-order valence-corrected chi connectivity index (χ2v) is 7.20. The number of amides is 1. The molecule has 2 aromatic rings. The summed E-state index contributed by atoms with van der Waals surface area (Å²) in [5.41, 5.74) is 0. The van der Waals surface area contributed by atoms with E-state index in [1.54, 1.807) is 0 Å². The highest BCUT2D eigenvalue weighted by molar-refractivity contribution is 8.00. The van der Waals surface area contributed by atoms with Crippen molar-refractivity contribution in [2.45, 2.75) is 30.7 Å². The highest BCUT2D eigenvalue weighted by Gasteiger charge is 2.28. The maximum atomic E-state index is 11.8. The third kappa shape index (κ3) is 4.74. The van der Waals surface area contributed by atoms with Gasteiger partial charge in [-0.15, -0.1) is 11.8 Å². The number of ether oxygens (including phenoxy) is 1. The topological polar surface area (TPSA) is 55.4 Å². The Morgan fingerprint density at radius 1 is 1.21 bits per heavy atom. The molecule has 0 heterocycles. The van der Waals surface area contributed by atoms with Gasteiger partial charge in [0.1, 0.15) is 0 Å². The van der Waals surface area contributed by atoms with Crippen molar-refractivity contribution in [1.29, 1.82) is 0 Å². The van der Waals surface area contributed by atoms with E-state index in [-0.39, 0.29) is 30.3 Å². The van der Waals surface area contributed by atoms with Crippen molar-refractivity contribution in [1.82, 2.24) is 5.32 Å². The first-order valence-corrected chi connectivity index (χ1v) is 9.17. The Morgan fingerprint density at radius 3 is 2.71 bits per heavy atom. The Hall–Kier alpha value is -2.01. The quantitative estimate of drug-likeness (QED) is 0.618. The van der Waals surface area contributed by atoms with Crippen LogP contribution >= 0.6 is 11.8 Å². The molecule has 0 saturated heterocycles. The molecule has 24 heavy (non-hydrogen) atoms. The molecule has 0 unspecified atom stereocenters. The number of thioether (sulfide) groups is 1. The zero-order valence-corrected chi connectivity index (χ0v) is 14.5. The molecule has 1 atom stereocenters. The lowest BCUT2D eigenvalue weighted by Gasteiger charge is -2.12. The number of rotatable bonds is 7. The predicted molar refractivity (Wildman–Crippen MR) is 96.0 cm³/mol. The van der Waals surface area contributed by atoms with Crippen LogP contribution in [-0.4, -0.2) is 30.3 Å². The molecule has 0 radical (unpaired) electrons. The SMILES string of the molecule is C[C@H](NC(=O)COC(=O)CSc1ccc2ccccc2c1)C1CC1. The van der Waals surface area contributed by atoms with E-state index in [4.69, 9.17) is 4.74 Å². The van der Waals surface area contributed by atoms with E-state index in [1.165, 1.54) is 30.0 Å². The molecule has 3 rings (SSSR count). The van der Waals surface area contributed by atoms with Gasteiger partial charge >= 0.3 is 5.97 Å². The summed E-state index contributed by atoms with van der Waals surface area (Å²) >= 11 is 1.42. The van der Waals surface area contributed by atoms with Gasteiger partial charge in [0.2, 0.25) is 0 Å². The maximum absolute atomic E-state index is 11.8. The van der Waals surface area contributed by atoms with Crippen molar-refractivity contribution in [2.24, 2.45) is 5.92 Å². The summed E-state index contributed by atoms with van der Waals surface area (Å²) in [6.45, 7) is 1.79. The van der Waals surface area contributed by atoms with Gasteiger partial charge in [-0.3, -0.25) is 9.59 Å². The second kappa shape index (κ2) is 7.71. The van der Waals surface area contributed by atoms with E-state index in [1.807, 2.05) is 37.3 Å². The number of esters is 1. The van der Waals surface area contributed by atoms with Crippen LogP contribution in [0, 0.1) is 5.92 Å². The monoisotopic (exact) mass is 343 g/mol. The molecule has 126 valence electrons. The summed E-state index contributed by atoms with van der Waals surface area (Å²) in [6.07, 6.45) is 2.34. The maximum Gasteiger partial charge on any atom is 0.316 e. The van der Waals surface area contributed by atoms with E-state index in [2.05, 4.69) is 17.4 Å². The van der Waals surface area contributed by atoms with E-state index >= 15 is 0 Å². The van der Waals surface area contributed by atoms with E-state index < -0.39 is 0 Å². The molecule has 5 heteroatoms. The Labute approximate surface area is 146 Å².